The van der Waals surface area contributed by atoms with Crippen LogP contribution in [0, 0.1) is 0 Å². The molecular formula is C17H26Cl3NO5. The highest BCUT2D eigenvalue weighted by molar-refractivity contribution is 6.67. The number of nitrogens with zero attached hydrogens (tertiary/aromatic N) is 1. The van der Waals surface area contributed by atoms with Crippen molar-refractivity contribution in [2.75, 3.05) is 6.54 Å². The number of aliphatic carboxylic acids is 1. The summed E-state index contributed by atoms with van der Waals surface area (Å²) in [5.41, 5.74) is -0.218. The number of carbonyl (C=O) groups excluding carboxylic acids is 1. The first-order chi connectivity index (χ1) is 11.7. The number of carboxylic acid groups (broad SMARTS) is 1. The van der Waals surface area contributed by atoms with Gasteiger partial charge in [0.05, 0.1) is 11.7 Å². The molecule has 6 nitrogen and oxygen atoms in total. The quantitative estimate of drug-likeness (QED) is 0.522. The Kier molecular flexibility index (Phi) is 10.2. The van der Waals surface area contributed by atoms with Crippen LogP contribution in [0.15, 0.2) is 24.9 Å². The summed E-state index contributed by atoms with van der Waals surface area (Å²) in [6.45, 7) is 14.6. The Morgan fingerprint density at radius 1 is 1.42 bits per heavy atom. The number of ether oxygens (including phenoxy) is 2. The zero-order chi connectivity index (χ0) is 20.7. The number of alkyl halides is 3. The fraction of sp³-hybridized carbons (Fsp3) is 0.647. The van der Waals surface area contributed by atoms with E-state index in [9.17, 15) is 9.59 Å². The number of halogens is 3. The number of rotatable bonds is 2. The van der Waals surface area contributed by atoms with E-state index in [0.29, 0.717) is 6.42 Å². The van der Waals surface area contributed by atoms with Crippen LogP contribution >= 0.6 is 34.8 Å². The maximum Gasteiger partial charge on any atom is 0.330 e. The van der Waals surface area contributed by atoms with Gasteiger partial charge in [0, 0.05) is 18.5 Å². The molecule has 2 saturated heterocycles. The predicted molar refractivity (Wildman–Crippen MR) is 103 cm³/mol. The third-order valence-corrected chi connectivity index (χ3v) is 4.21. The molecule has 0 saturated carbocycles. The predicted octanol–water partition coefficient (Wildman–Crippen LogP) is 4.30. The van der Waals surface area contributed by atoms with Crippen molar-refractivity contribution in [2.45, 2.75) is 62.3 Å². The molecule has 0 radical (unpaired) electrons. The Morgan fingerprint density at radius 2 is 1.92 bits per heavy atom. The minimum atomic E-state index is -1.51. The number of likely N-dealkylation sites (tertiary alicyclic amines) is 1. The Hall–Kier alpha value is -0.790. The Balaban J connectivity index is 0.000000388. The van der Waals surface area contributed by atoms with Crippen LogP contribution in [0.1, 0.15) is 40.5 Å². The minimum Gasteiger partial charge on any atom is -0.478 e. The van der Waals surface area contributed by atoms with Crippen LogP contribution in [0.3, 0.4) is 0 Å². The van der Waals surface area contributed by atoms with Gasteiger partial charge in [-0.2, -0.15) is 0 Å². The van der Waals surface area contributed by atoms with Crippen molar-refractivity contribution >= 4 is 46.7 Å². The molecule has 150 valence electrons. The van der Waals surface area contributed by atoms with Crippen LogP contribution in [-0.2, 0) is 19.1 Å². The van der Waals surface area contributed by atoms with Gasteiger partial charge in [-0.05, 0) is 40.3 Å². The van der Waals surface area contributed by atoms with Crippen molar-refractivity contribution < 1.29 is 24.2 Å². The Labute approximate surface area is 169 Å². The van der Waals surface area contributed by atoms with Crippen LogP contribution in [0.2, 0.25) is 0 Å². The SMILES string of the molecule is C=C(C)C(=O)O.C=CN1CCCC1=O.CC1OC(C(Cl)(Cl)Cl)OC1(C)C. The Morgan fingerprint density at radius 3 is 2.08 bits per heavy atom. The van der Waals surface area contributed by atoms with Crippen LogP contribution in [0.25, 0.3) is 0 Å². The molecule has 0 bridgehead atoms. The first-order valence-electron chi connectivity index (χ1n) is 7.93. The van der Waals surface area contributed by atoms with Gasteiger partial charge < -0.3 is 19.5 Å². The molecule has 2 atom stereocenters. The number of hydrogen-bond donors (Lipinski definition) is 1. The van der Waals surface area contributed by atoms with Gasteiger partial charge in [-0.1, -0.05) is 48.0 Å². The fourth-order valence-corrected chi connectivity index (χ4v) is 2.04. The molecule has 2 heterocycles. The van der Waals surface area contributed by atoms with Crippen molar-refractivity contribution in [3.05, 3.63) is 24.9 Å². The lowest BCUT2D eigenvalue weighted by Crippen LogP contribution is -2.31. The summed E-state index contributed by atoms with van der Waals surface area (Å²) in [5, 5.41) is 7.89. The number of hydrogen-bond acceptors (Lipinski definition) is 4. The minimum absolute atomic E-state index is 0.0712. The van der Waals surface area contributed by atoms with Crippen LogP contribution in [0.4, 0.5) is 0 Å². The fourth-order valence-electron chi connectivity index (χ4n) is 1.75. The molecule has 0 aromatic heterocycles. The van der Waals surface area contributed by atoms with E-state index in [2.05, 4.69) is 13.2 Å². The molecule has 2 aliphatic rings. The summed E-state index contributed by atoms with van der Waals surface area (Å²) in [7, 11) is 0. The number of carbonyl (C=O) groups is 2. The lowest BCUT2D eigenvalue weighted by atomic mass is 10.0. The number of carboxylic acids is 1. The molecule has 0 aliphatic carbocycles. The molecule has 2 fully saturated rings. The van der Waals surface area contributed by atoms with Crippen molar-refractivity contribution in [3.8, 4) is 0 Å². The third-order valence-electron chi connectivity index (χ3n) is 3.68. The highest BCUT2D eigenvalue weighted by Crippen LogP contribution is 2.41. The van der Waals surface area contributed by atoms with E-state index < -0.39 is 21.7 Å². The van der Waals surface area contributed by atoms with E-state index in [4.69, 9.17) is 49.4 Å². The summed E-state index contributed by atoms with van der Waals surface area (Å²) in [4.78, 5) is 21.9. The average molecular weight is 431 g/mol. The molecule has 0 aromatic carbocycles. The highest BCUT2D eigenvalue weighted by atomic mass is 35.6. The van der Waals surface area contributed by atoms with Crippen molar-refractivity contribution in [2.24, 2.45) is 0 Å². The molecule has 0 aromatic rings. The smallest absolute Gasteiger partial charge is 0.330 e. The molecule has 9 heteroatoms. The molecule has 0 spiro atoms. The first kappa shape index (κ1) is 25.2. The summed E-state index contributed by atoms with van der Waals surface area (Å²) >= 11 is 16.8. The van der Waals surface area contributed by atoms with Gasteiger partial charge >= 0.3 is 5.97 Å². The lowest BCUT2D eigenvalue weighted by molar-refractivity contribution is -0.132. The average Bonchev–Trinajstić information content (AvgIpc) is 3.03. The van der Waals surface area contributed by atoms with E-state index in [1.54, 1.807) is 11.1 Å². The Bertz CT molecular complexity index is 519. The standard InChI is InChI=1S/C7H11Cl3O2.C6H9NO.C4H6O2/c1-4-6(2,3)12-5(11-4)7(8,9)10;1-2-7-5-3-4-6(7)8;1-3(2)4(5)6/h4-5H,1-3H3;2H,1,3-5H2;1H2,2H3,(H,5,6). The molecular weight excluding hydrogens is 405 g/mol. The van der Waals surface area contributed by atoms with Crippen molar-refractivity contribution in [1.82, 2.24) is 4.90 Å². The topological polar surface area (TPSA) is 76.1 Å². The van der Waals surface area contributed by atoms with E-state index in [0.717, 1.165) is 13.0 Å². The molecule has 2 rings (SSSR count). The lowest BCUT2D eigenvalue weighted by Gasteiger charge is -2.21. The van der Waals surface area contributed by atoms with E-state index in [1.807, 2.05) is 20.8 Å². The van der Waals surface area contributed by atoms with Gasteiger partial charge in [-0.15, -0.1) is 0 Å². The molecule has 2 unspecified atom stereocenters. The second-order valence-electron chi connectivity index (χ2n) is 6.33. The molecule has 2 aliphatic heterocycles. The normalized spacial score (nSPS) is 24.1. The maximum atomic E-state index is 10.7. The summed E-state index contributed by atoms with van der Waals surface area (Å²) in [6, 6.07) is 0. The molecule has 1 N–H and O–H groups in total. The summed E-state index contributed by atoms with van der Waals surface area (Å²) in [6.07, 6.45) is 2.44. The third kappa shape index (κ3) is 8.73. The van der Waals surface area contributed by atoms with E-state index in [-0.39, 0.29) is 17.6 Å². The molecule has 1 amide bonds. The van der Waals surface area contributed by atoms with E-state index in [1.165, 1.54) is 6.92 Å². The maximum absolute atomic E-state index is 10.7. The zero-order valence-corrected chi connectivity index (χ0v) is 17.7. The monoisotopic (exact) mass is 429 g/mol. The molecule has 26 heavy (non-hydrogen) atoms. The van der Waals surface area contributed by atoms with Gasteiger partial charge in [0.15, 0.2) is 0 Å². The van der Waals surface area contributed by atoms with Gasteiger partial charge in [0.1, 0.15) is 0 Å². The van der Waals surface area contributed by atoms with Gasteiger partial charge in [-0.25, -0.2) is 4.79 Å². The van der Waals surface area contributed by atoms with Crippen molar-refractivity contribution in [1.29, 1.82) is 0 Å². The largest absolute Gasteiger partial charge is 0.478 e. The first-order valence-corrected chi connectivity index (χ1v) is 9.06. The van der Waals surface area contributed by atoms with Crippen LogP contribution < -0.4 is 0 Å². The van der Waals surface area contributed by atoms with Crippen LogP contribution in [0.5, 0.6) is 0 Å². The summed E-state index contributed by atoms with van der Waals surface area (Å²) < 4.78 is 9.22. The van der Waals surface area contributed by atoms with E-state index >= 15 is 0 Å². The zero-order valence-electron chi connectivity index (χ0n) is 15.4. The van der Waals surface area contributed by atoms with Crippen LogP contribution in [-0.4, -0.2) is 50.2 Å². The summed E-state index contributed by atoms with van der Waals surface area (Å²) in [5.74, 6) is -0.727. The van der Waals surface area contributed by atoms with Gasteiger partial charge in [0.2, 0.25) is 16.0 Å². The highest BCUT2D eigenvalue weighted by Gasteiger charge is 2.48. The van der Waals surface area contributed by atoms with Gasteiger partial charge in [0.25, 0.3) is 0 Å². The second-order valence-corrected chi connectivity index (χ2v) is 8.70. The van der Waals surface area contributed by atoms with Gasteiger partial charge in [-0.3, -0.25) is 4.79 Å². The second kappa shape index (κ2) is 10.5. The van der Waals surface area contributed by atoms with Crippen molar-refractivity contribution in [3.63, 3.8) is 0 Å². The number of amides is 1.